The molecule has 0 aromatic carbocycles. The van der Waals surface area contributed by atoms with Gasteiger partial charge in [-0.05, 0) is 13.3 Å². The Morgan fingerprint density at radius 2 is 2.27 bits per heavy atom. The lowest BCUT2D eigenvalue weighted by molar-refractivity contribution is 0.148. The zero-order chi connectivity index (χ0) is 11.1. The minimum Gasteiger partial charge on any atom is -0.393 e. The minimum absolute atomic E-state index is 0.398. The average molecular weight is 214 g/mol. The Hall–Kier alpha value is -0.940. The molecular formula is C10H18N2O3. The topological polar surface area (TPSA) is 68.4 Å². The summed E-state index contributed by atoms with van der Waals surface area (Å²) >= 11 is 0. The van der Waals surface area contributed by atoms with Crippen molar-refractivity contribution in [1.82, 2.24) is 10.1 Å². The number of hydrogen-bond acceptors (Lipinski definition) is 5. The summed E-state index contributed by atoms with van der Waals surface area (Å²) in [6.45, 7) is 5.15. The summed E-state index contributed by atoms with van der Waals surface area (Å²) in [5.74, 6) is 1.14. The van der Waals surface area contributed by atoms with Crippen molar-refractivity contribution < 1.29 is 14.4 Å². The lowest BCUT2D eigenvalue weighted by Crippen LogP contribution is -2.08. The van der Waals surface area contributed by atoms with Crippen molar-refractivity contribution in [2.24, 2.45) is 0 Å². The first kappa shape index (κ1) is 12.1. The maximum atomic E-state index is 9.38. The summed E-state index contributed by atoms with van der Waals surface area (Å²) in [5.41, 5.74) is 0. The molecule has 1 rings (SSSR count). The van der Waals surface area contributed by atoms with Crippen LogP contribution in [0.4, 0.5) is 0 Å². The van der Waals surface area contributed by atoms with Crippen LogP contribution in [0.1, 0.15) is 32.0 Å². The molecule has 15 heavy (non-hydrogen) atoms. The second-order valence-electron chi connectivity index (χ2n) is 3.32. The van der Waals surface area contributed by atoms with Crippen LogP contribution in [-0.4, -0.2) is 34.6 Å². The number of aliphatic hydroxyl groups excluding tert-OH is 1. The summed E-state index contributed by atoms with van der Waals surface area (Å²) in [4.78, 5) is 4.15. The Morgan fingerprint density at radius 1 is 1.47 bits per heavy atom. The Labute approximate surface area is 89.4 Å². The molecule has 0 aliphatic carbocycles. The lowest BCUT2D eigenvalue weighted by atomic mass is 10.2. The molecule has 0 spiro atoms. The van der Waals surface area contributed by atoms with Crippen LogP contribution in [0.25, 0.3) is 0 Å². The van der Waals surface area contributed by atoms with Crippen LogP contribution in [0.3, 0.4) is 0 Å². The van der Waals surface area contributed by atoms with Gasteiger partial charge in [0.2, 0.25) is 5.89 Å². The third-order valence-electron chi connectivity index (χ3n) is 2.07. The van der Waals surface area contributed by atoms with Crippen LogP contribution in [0.2, 0.25) is 0 Å². The third-order valence-corrected chi connectivity index (χ3v) is 2.07. The van der Waals surface area contributed by atoms with E-state index in [4.69, 9.17) is 9.26 Å². The molecule has 1 heterocycles. The first-order chi connectivity index (χ1) is 7.26. The molecule has 0 saturated carbocycles. The first-order valence-corrected chi connectivity index (χ1v) is 5.33. The summed E-state index contributed by atoms with van der Waals surface area (Å²) in [6, 6.07) is 0. The smallest absolute Gasteiger partial charge is 0.229 e. The normalized spacial score (nSPS) is 13.0. The highest BCUT2D eigenvalue weighted by atomic mass is 16.5. The van der Waals surface area contributed by atoms with E-state index in [1.54, 1.807) is 0 Å². The predicted molar refractivity (Wildman–Crippen MR) is 54.5 cm³/mol. The summed E-state index contributed by atoms with van der Waals surface area (Å²) < 4.78 is 10.2. The van der Waals surface area contributed by atoms with Gasteiger partial charge in [-0.1, -0.05) is 12.1 Å². The van der Waals surface area contributed by atoms with Crippen molar-refractivity contribution in [3.63, 3.8) is 0 Å². The van der Waals surface area contributed by atoms with Crippen LogP contribution in [-0.2, 0) is 17.6 Å². The van der Waals surface area contributed by atoms with Gasteiger partial charge in [-0.3, -0.25) is 0 Å². The van der Waals surface area contributed by atoms with Crippen molar-refractivity contribution in [2.75, 3.05) is 13.2 Å². The van der Waals surface area contributed by atoms with Crippen LogP contribution in [0.5, 0.6) is 0 Å². The minimum atomic E-state index is -0.398. The fourth-order valence-electron chi connectivity index (χ4n) is 1.13. The molecule has 0 aliphatic heterocycles. The molecule has 0 fully saturated rings. The van der Waals surface area contributed by atoms with Gasteiger partial charge in [-0.25, -0.2) is 0 Å². The molecule has 86 valence electrons. The molecule has 0 aliphatic rings. The van der Waals surface area contributed by atoms with E-state index in [2.05, 4.69) is 10.1 Å². The third kappa shape index (κ3) is 4.40. The summed E-state index contributed by atoms with van der Waals surface area (Å²) in [6.07, 6.45) is 1.37. The van der Waals surface area contributed by atoms with Gasteiger partial charge in [0.05, 0.1) is 19.1 Å². The van der Waals surface area contributed by atoms with Crippen molar-refractivity contribution in [1.29, 1.82) is 0 Å². The zero-order valence-corrected chi connectivity index (χ0v) is 9.27. The van der Waals surface area contributed by atoms with Crippen molar-refractivity contribution >= 4 is 0 Å². The predicted octanol–water partition coefficient (Wildman–Crippen LogP) is 0.962. The molecule has 1 unspecified atom stereocenters. The molecule has 0 saturated heterocycles. The Bertz CT molecular complexity index is 275. The van der Waals surface area contributed by atoms with Crippen LogP contribution < -0.4 is 0 Å². The van der Waals surface area contributed by atoms with Gasteiger partial charge >= 0.3 is 0 Å². The van der Waals surface area contributed by atoms with E-state index in [-0.39, 0.29) is 0 Å². The number of hydrogen-bond donors (Lipinski definition) is 1. The van der Waals surface area contributed by atoms with E-state index in [9.17, 15) is 5.11 Å². The van der Waals surface area contributed by atoms with Crippen molar-refractivity contribution in [2.45, 2.75) is 39.2 Å². The highest BCUT2D eigenvalue weighted by Gasteiger charge is 2.10. The molecule has 1 aromatic rings. The van der Waals surface area contributed by atoms with Gasteiger partial charge in [-0.2, -0.15) is 4.98 Å². The highest BCUT2D eigenvalue weighted by molar-refractivity contribution is 4.88. The molecule has 5 heteroatoms. The van der Waals surface area contributed by atoms with Crippen LogP contribution in [0.15, 0.2) is 4.52 Å². The maximum Gasteiger partial charge on any atom is 0.229 e. The molecule has 0 amide bonds. The van der Waals surface area contributed by atoms with Gasteiger partial charge in [0.25, 0.3) is 0 Å². The molecule has 1 N–H and O–H groups in total. The van der Waals surface area contributed by atoms with E-state index in [0.29, 0.717) is 44.2 Å². The van der Waals surface area contributed by atoms with E-state index < -0.39 is 6.10 Å². The number of rotatable bonds is 7. The Kier molecular flexibility index (Phi) is 5.28. The Balaban J connectivity index is 2.35. The van der Waals surface area contributed by atoms with Crippen molar-refractivity contribution in [3.8, 4) is 0 Å². The Morgan fingerprint density at radius 3 is 2.93 bits per heavy atom. The number of ether oxygens (including phenoxy) is 1. The second kappa shape index (κ2) is 6.53. The van der Waals surface area contributed by atoms with E-state index in [1.807, 2.05) is 13.8 Å². The molecule has 5 nitrogen and oxygen atoms in total. The molecule has 0 bridgehead atoms. The van der Waals surface area contributed by atoms with Gasteiger partial charge in [-0.15, -0.1) is 0 Å². The SMILES string of the molecule is CCOCCc1noc(CC(O)CC)n1. The number of aromatic nitrogens is 2. The highest BCUT2D eigenvalue weighted by Crippen LogP contribution is 2.04. The van der Waals surface area contributed by atoms with Crippen LogP contribution >= 0.6 is 0 Å². The number of nitrogens with zero attached hydrogens (tertiary/aromatic N) is 2. The number of aliphatic hydroxyl groups is 1. The van der Waals surface area contributed by atoms with Gasteiger partial charge in [0.15, 0.2) is 5.82 Å². The van der Waals surface area contributed by atoms with E-state index >= 15 is 0 Å². The average Bonchev–Trinajstić information content (AvgIpc) is 2.66. The van der Waals surface area contributed by atoms with E-state index in [0.717, 1.165) is 0 Å². The first-order valence-electron chi connectivity index (χ1n) is 5.33. The zero-order valence-electron chi connectivity index (χ0n) is 9.27. The molecular weight excluding hydrogens is 196 g/mol. The molecule has 1 atom stereocenters. The summed E-state index contributed by atoms with van der Waals surface area (Å²) in [7, 11) is 0. The monoisotopic (exact) mass is 214 g/mol. The fraction of sp³-hybridized carbons (Fsp3) is 0.800. The molecule has 0 radical (unpaired) electrons. The van der Waals surface area contributed by atoms with E-state index in [1.165, 1.54) is 0 Å². The lowest BCUT2D eigenvalue weighted by Gasteiger charge is -2.01. The molecule has 1 aromatic heterocycles. The standard InChI is InChI=1S/C10H18N2O3/c1-3-8(13)7-10-11-9(12-15-10)5-6-14-4-2/h8,13H,3-7H2,1-2H3. The van der Waals surface area contributed by atoms with Gasteiger partial charge in [0, 0.05) is 13.0 Å². The van der Waals surface area contributed by atoms with Crippen LogP contribution in [0, 0.1) is 0 Å². The quantitative estimate of drug-likeness (QED) is 0.685. The van der Waals surface area contributed by atoms with Crippen molar-refractivity contribution in [3.05, 3.63) is 11.7 Å². The second-order valence-corrected chi connectivity index (χ2v) is 3.32. The van der Waals surface area contributed by atoms with Gasteiger partial charge in [0.1, 0.15) is 0 Å². The summed E-state index contributed by atoms with van der Waals surface area (Å²) in [5, 5.41) is 13.2. The van der Waals surface area contributed by atoms with Gasteiger partial charge < -0.3 is 14.4 Å². The largest absolute Gasteiger partial charge is 0.393 e. The fourth-order valence-corrected chi connectivity index (χ4v) is 1.13. The maximum absolute atomic E-state index is 9.38.